The fraction of sp³-hybridized carbons (Fsp3) is 0.133. The molecule has 0 saturated carbocycles. The highest BCUT2D eigenvalue weighted by molar-refractivity contribution is 5.95. The van der Waals surface area contributed by atoms with E-state index < -0.39 is 0 Å². The van der Waals surface area contributed by atoms with Crippen LogP contribution in [0.2, 0.25) is 0 Å². The van der Waals surface area contributed by atoms with Gasteiger partial charge in [-0.25, -0.2) is 0 Å². The molecule has 18 heavy (non-hydrogen) atoms. The van der Waals surface area contributed by atoms with Crippen molar-refractivity contribution < 1.29 is 0 Å². The summed E-state index contributed by atoms with van der Waals surface area (Å²) < 4.78 is 0. The van der Waals surface area contributed by atoms with E-state index >= 15 is 0 Å². The summed E-state index contributed by atoms with van der Waals surface area (Å²) in [7, 11) is 0. The van der Waals surface area contributed by atoms with Gasteiger partial charge in [0, 0.05) is 24.3 Å². The van der Waals surface area contributed by atoms with Gasteiger partial charge in [-0.05, 0) is 35.4 Å². The molecule has 1 aliphatic rings. The fourth-order valence-corrected chi connectivity index (χ4v) is 2.37. The smallest absolute Gasteiger partial charge is 0.122 e. The Hall–Kier alpha value is -2.29. The summed E-state index contributed by atoms with van der Waals surface area (Å²) in [5.41, 5.74) is 10.2. The summed E-state index contributed by atoms with van der Waals surface area (Å²) in [5, 5.41) is 7.38. The molecule has 3 rings (SSSR count). The van der Waals surface area contributed by atoms with Crippen LogP contribution in [0.4, 0.5) is 5.69 Å². The summed E-state index contributed by atoms with van der Waals surface area (Å²) in [4.78, 5) is 2.33. The molecule has 90 valence electrons. The predicted molar refractivity (Wildman–Crippen MR) is 73.8 cm³/mol. The van der Waals surface area contributed by atoms with Gasteiger partial charge >= 0.3 is 0 Å². The molecule has 1 aliphatic heterocycles. The average molecular weight is 237 g/mol. The van der Waals surface area contributed by atoms with Gasteiger partial charge in [0.2, 0.25) is 0 Å². The Balaban J connectivity index is 1.84. The van der Waals surface area contributed by atoms with E-state index in [1.165, 1.54) is 16.8 Å². The third kappa shape index (κ3) is 1.84. The Morgan fingerprint density at radius 1 is 0.944 bits per heavy atom. The van der Waals surface area contributed by atoms with Crippen molar-refractivity contribution in [2.24, 2.45) is 5.73 Å². The van der Waals surface area contributed by atoms with Crippen LogP contribution in [0.15, 0.2) is 48.5 Å². The van der Waals surface area contributed by atoms with Crippen molar-refractivity contribution in [3.63, 3.8) is 0 Å². The first kappa shape index (κ1) is 10.8. The van der Waals surface area contributed by atoms with Crippen LogP contribution in [0.5, 0.6) is 0 Å². The van der Waals surface area contributed by atoms with Crippen molar-refractivity contribution >= 4 is 11.5 Å². The number of nitrogens with zero attached hydrogens (tertiary/aromatic N) is 1. The first-order valence-corrected chi connectivity index (χ1v) is 6.00. The van der Waals surface area contributed by atoms with Crippen LogP contribution in [-0.4, -0.2) is 5.84 Å². The molecular weight excluding hydrogens is 222 g/mol. The van der Waals surface area contributed by atoms with Crippen LogP contribution >= 0.6 is 0 Å². The van der Waals surface area contributed by atoms with Crippen molar-refractivity contribution in [1.82, 2.24) is 0 Å². The number of hydrogen-bond acceptors (Lipinski definition) is 2. The molecule has 0 aliphatic carbocycles. The molecule has 1 heterocycles. The van der Waals surface area contributed by atoms with Gasteiger partial charge in [-0.1, -0.05) is 24.3 Å². The van der Waals surface area contributed by atoms with Gasteiger partial charge in [0.1, 0.15) is 5.84 Å². The minimum absolute atomic E-state index is 0.117. The van der Waals surface area contributed by atoms with E-state index in [0.29, 0.717) is 0 Å². The minimum atomic E-state index is 0.117. The lowest BCUT2D eigenvalue weighted by Crippen LogP contribution is -2.15. The maximum absolute atomic E-state index is 7.38. The van der Waals surface area contributed by atoms with E-state index in [1.54, 1.807) is 0 Å². The second kappa shape index (κ2) is 4.18. The lowest BCUT2D eigenvalue weighted by molar-refractivity contribution is 0.880. The molecule has 0 saturated heterocycles. The number of anilines is 1. The Bertz CT molecular complexity index is 562. The number of hydrogen-bond donors (Lipinski definition) is 2. The molecule has 0 fully saturated rings. The summed E-state index contributed by atoms with van der Waals surface area (Å²) in [6.07, 6.45) is 0. The maximum atomic E-state index is 7.38. The van der Waals surface area contributed by atoms with Crippen LogP contribution in [0.25, 0.3) is 0 Å². The largest absolute Gasteiger partial charge is 0.384 e. The molecule has 3 heteroatoms. The van der Waals surface area contributed by atoms with Crippen molar-refractivity contribution in [1.29, 1.82) is 5.41 Å². The first-order valence-electron chi connectivity index (χ1n) is 6.00. The Kier molecular flexibility index (Phi) is 2.52. The van der Waals surface area contributed by atoms with Gasteiger partial charge in [-0.15, -0.1) is 0 Å². The predicted octanol–water partition coefficient (Wildman–Crippen LogP) is 2.49. The number of nitrogens with two attached hydrogens (primary N) is 1. The lowest BCUT2D eigenvalue weighted by atomic mass is 10.1. The molecule has 0 aromatic heterocycles. The van der Waals surface area contributed by atoms with Gasteiger partial charge in [0.15, 0.2) is 0 Å². The molecule has 0 amide bonds. The number of nitrogens with one attached hydrogen (secondary N) is 1. The molecule has 2 aromatic carbocycles. The zero-order valence-electron chi connectivity index (χ0n) is 10.1. The first-order chi connectivity index (χ1) is 8.74. The fourth-order valence-electron chi connectivity index (χ4n) is 2.37. The SMILES string of the molecule is N=C(N)c1ccc(N2Cc3ccccc3C2)cc1. The second-order valence-corrected chi connectivity index (χ2v) is 4.59. The number of rotatable bonds is 2. The van der Waals surface area contributed by atoms with Crippen molar-refractivity contribution in [3.8, 4) is 0 Å². The molecule has 2 aromatic rings. The summed E-state index contributed by atoms with van der Waals surface area (Å²) in [6.45, 7) is 1.91. The quantitative estimate of drug-likeness (QED) is 0.623. The number of benzene rings is 2. The number of amidine groups is 1. The van der Waals surface area contributed by atoms with E-state index in [2.05, 4.69) is 29.2 Å². The lowest BCUT2D eigenvalue weighted by Gasteiger charge is -2.17. The molecular formula is C15H15N3. The van der Waals surface area contributed by atoms with E-state index in [9.17, 15) is 0 Å². The van der Waals surface area contributed by atoms with Crippen LogP contribution in [0.3, 0.4) is 0 Å². The highest BCUT2D eigenvalue weighted by Gasteiger charge is 2.18. The Labute approximate surface area is 106 Å². The minimum Gasteiger partial charge on any atom is -0.384 e. The van der Waals surface area contributed by atoms with Crippen molar-refractivity contribution in [2.45, 2.75) is 13.1 Å². The number of fused-ring (bicyclic) bond motifs is 1. The van der Waals surface area contributed by atoms with Crippen molar-refractivity contribution in [3.05, 3.63) is 65.2 Å². The van der Waals surface area contributed by atoms with Crippen molar-refractivity contribution in [2.75, 3.05) is 4.90 Å². The topological polar surface area (TPSA) is 53.1 Å². The normalized spacial score (nSPS) is 13.4. The van der Waals surface area contributed by atoms with E-state index in [4.69, 9.17) is 11.1 Å². The van der Waals surface area contributed by atoms with Crippen LogP contribution in [-0.2, 0) is 13.1 Å². The standard InChI is InChI=1S/C15H15N3/c16-15(17)11-5-7-14(8-6-11)18-9-12-3-1-2-4-13(12)10-18/h1-8H,9-10H2,(H3,16,17). The van der Waals surface area contributed by atoms with E-state index in [0.717, 1.165) is 18.7 Å². The molecule has 0 bridgehead atoms. The molecule has 3 N–H and O–H groups in total. The molecule has 3 nitrogen and oxygen atoms in total. The van der Waals surface area contributed by atoms with Crippen LogP contribution in [0.1, 0.15) is 16.7 Å². The van der Waals surface area contributed by atoms with Crippen LogP contribution < -0.4 is 10.6 Å². The Morgan fingerprint density at radius 3 is 2.00 bits per heavy atom. The monoisotopic (exact) mass is 237 g/mol. The molecule has 0 spiro atoms. The third-order valence-electron chi connectivity index (χ3n) is 3.38. The van der Waals surface area contributed by atoms with E-state index in [1.807, 2.05) is 24.3 Å². The summed E-state index contributed by atoms with van der Waals surface area (Å²) >= 11 is 0. The zero-order valence-corrected chi connectivity index (χ0v) is 10.1. The van der Waals surface area contributed by atoms with Gasteiger partial charge in [0.25, 0.3) is 0 Å². The summed E-state index contributed by atoms with van der Waals surface area (Å²) in [6, 6.07) is 16.4. The van der Waals surface area contributed by atoms with Gasteiger partial charge in [-0.2, -0.15) is 0 Å². The summed E-state index contributed by atoms with van der Waals surface area (Å²) in [5.74, 6) is 0.117. The maximum Gasteiger partial charge on any atom is 0.122 e. The van der Waals surface area contributed by atoms with Gasteiger partial charge < -0.3 is 10.6 Å². The van der Waals surface area contributed by atoms with E-state index in [-0.39, 0.29) is 5.84 Å². The van der Waals surface area contributed by atoms with Gasteiger partial charge in [0.05, 0.1) is 0 Å². The Morgan fingerprint density at radius 2 is 1.50 bits per heavy atom. The second-order valence-electron chi connectivity index (χ2n) is 4.59. The van der Waals surface area contributed by atoms with Gasteiger partial charge in [-0.3, -0.25) is 5.41 Å². The van der Waals surface area contributed by atoms with Crippen LogP contribution in [0, 0.1) is 5.41 Å². The zero-order chi connectivity index (χ0) is 12.5. The number of nitrogen functional groups attached to an aromatic ring is 1. The third-order valence-corrected chi connectivity index (χ3v) is 3.38. The highest BCUT2D eigenvalue weighted by atomic mass is 15.1. The highest BCUT2D eigenvalue weighted by Crippen LogP contribution is 2.27. The average Bonchev–Trinajstić information content (AvgIpc) is 2.82. The molecule has 0 unspecified atom stereocenters. The molecule has 0 atom stereocenters. The molecule has 0 radical (unpaired) electrons.